The van der Waals surface area contributed by atoms with Crippen LogP contribution in [0.5, 0.6) is 0 Å². The van der Waals surface area contributed by atoms with Gasteiger partial charge in [-0.15, -0.1) is 0 Å². The SMILES string of the molecule is Cc1cc(Nc2cc(N)ncn2)c(=O)n(C2(NC=O)C=C(C3CC3)CCCC2)c1C. The summed E-state index contributed by atoms with van der Waals surface area (Å²) >= 11 is 0. The van der Waals surface area contributed by atoms with E-state index in [4.69, 9.17) is 5.73 Å². The summed E-state index contributed by atoms with van der Waals surface area (Å²) in [6.45, 7) is 3.88. The van der Waals surface area contributed by atoms with Gasteiger partial charge in [-0.25, -0.2) is 9.97 Å². The molecule has 0 spiro atoms. The van der Waals surface area contributed by atoms with E-state index in [1.807, 2.05) is 19.9 Å². The van der Waals surface area contributed by atoms with Gasteiger partial charge in [-0.05, 0) is 76.0 Å². The molecule has 1 unspecified atom stereocenters. The Morgan fingerprint density at radius 1 is 1.23 bits per heavy atom. The van der Waals surface area contributed by atoms with Gasteiger partial charge in [-0.3, -0.25) is 14.2 Å². The average molecular weight is 409 g/mol. The highest BCUT2D eigenvalue weighted by Crippen LogP contribution is 2.43. The highest BCUT2D eigenvalue weighted by molar-refractivity contribution is 5.59. The predicted octanol–water partition coefficient (Wildman–Crippen LogP) is 2.89. The maximum absolute atomic E-state index is 13.7. The molecule has 0 aliphatic heterocycles. The van der Waals surface area contributed by atoms with Crippen molar-refractivity contribution in [2.45, 2.75) is 58.0 Å². The molecule has 30 heavy (non-hydrogen) atoms. The standard InChI is InChI=1S/C22H28N6O2/c1-14-9-18(27-20-10-19(23)24-12-25-20)21(30)28(15(14)2)22(26-13-29)8-4-3-5-17(11-22)16-6-7-16/h9-13,16H,3-8H2,1-2H3,(H,26,29)(H3,23,24,25,27). The summed E-state index contributed by atoms with van der Waals surface area (Å²) in [6.07, 6.45) is 10.3. The number of hydrogen-bond donors (Lipinski definition) is 3. The molecule has 1 fully saturated rings. The molecule has 4 N–H and O–H groups in total. The Morgan fingerprint density at radius 3 is 2.73 bits per heavy atom. The van der Waals surface area contributed by atoms with Gasteiger partial charge in [-0.2, -0.15) is 0 Å². The van der Waals surface area contributed by atoms with Gasteiger partial charge in [0.1, 0.15) is 29.3 Å². The van der Waals surface area contributed by atoms with Gasteiger partial charge in [0.15, 0.2) is 0 Å². The summed E-state index contributed by atoms with van der Waals surface area (Å²) in [5.41, 5.74) is 8.17. The molecule has 1 amide bonds. The zero-order valence-corrected chi connectivity index (χ0v) is 17.4. The second-order valence-corrected chi connectivity index (χ2v) is 8.31. The van der Waals surface area contributed by atoms with Crippen molar-refractivity contribution in [1.29, 1.82) is 0 Å². The number of nitrogen functional groups attached to an aromatic ring is 1. The lowest BCUT2D eigenvalue weighted by atomic mass is 9.99. The maximum atomic E-state index is 13.7. The van der Waals surface area contributed by atoms with Gasteiger partial charge < -0.3 is 16.4 Å². The first-order chi connectivity index (χ1) is 14.4. The molecule has 4 rings (SSSR count). The van der Waals surface area contributed by atoms with E-state index in [2.05, 4.69) is 26.7 Å². The van der Waals surface area contributed by atoms with Crippen molar-refractivity contribution in [3.63, 3.8) is 0 Å². The molecule has 2 aliphatic carbocycles. The molecule has 158 valence electrons. The number of nitrogens with two attached hydrogens (primary N) is 1. The van der Waals surface area contributed by atoms with Crippen LogP contribution >= 0.6 is 0 Å². The van der Waals surface area contributed by atoms with Gasteiger partial charge in [0, 0.05) is 11.8 Å². The van der Waals surface area contributed by atoms with Crippen molar-refractivity contribution in [3.8, 4) is 0 Å². The fourth-order valence-electron chi connectivity index (χ4n) is 4.39. The predicted molar refractivity (Wildman–Crippen MR) is 116 cm³/mol. The second kappa shape index (κ2) is 7.93. The van der Waals surface area contributed by atoms with Gasteiger partial charge in [0.05, 0.1) is 0 Å². The molecular formula is C22H28N6O2. The third-order valence-corrected chi connectivity index (χ3v) is 6.16. The van der Waals surface area contributed by atoms with Crippen LogP contribution in [-0.2, 0) is 10.5 Å². The molecule has 2 aromatic rings. The lowest BCUT2D eigenvalue weighted by Crippen LogP contribution is -2.51. The molecule has 2 heterocycles. The summed E-state index contributed by atoms with van der Waals surface area (Å²) in [5, 5.41) is 6.09. The number of rotatable bonds is 6. The van der Waals surface area contributed by atoms with Crippen LogP contribution in [0.4, 0.5) is 17.3 Å². The molecule has 8 nitrogen and oxygen atoms in total. The zero-order valence-electron chi connectivity index (χ0n) is 17.4. The Morgan fingerprint density at radius 2 is 2.03 bits per heavy atom. The van der Waals surface area contributed by atoms with Crippen molar-refractivity contribution >= 4 is 23.7 Å². The molecule has 8 heteroatoms. The van der Waals surface area contributed by atoms with Crippen molar-refractivity contribution in [3.05, 3.63) is 51.7 Å². The van der Waals surface area contributed by atoms with E-state index in [1.54, 1.807) is 10.6 Å². The number of aryl methyl sites for hydroxylation is 1. The minimum absolute atomic E-state index is 0.210. The van der Waals surface area contributed by atoms with Crippen LogP contribution in [0.15, 0.2) is 34.9 Å². The van der Waals surface area contributed by atoms with Gasteiger partial charge in [0.25, 0.3) is 5.56 Å². The number of hydrogen-bond acceptors (Lipinski definition) is 6. The van der Waals surface area contributed by atoms with Gasteiger partial charge in [-0.1, -0.05) is 5.57 Å². The van der Waals surface area contributed by atoms with E-state index < -0.39 is 5.66 Å². The number of nitrogens with zero attached hydrogens (tertiary/aromatic N) is 3. The fraction of sp³-hybridized carbons (Fsp3) is 0.455. The van der Waals surface area contributed by atoms with Crippen molar-refractivity contribution in [1.82, 2.24) is 19.9 Å². The van der Waals surface area contributed by atoms with E-state index in [9.17, 15) is 9.59 Å². The average Bonchev–Trinajstić information content (AvgIpc) is 3.54. The molecule has 2 aromatic heterocycles. The lowest BCUT2D eigenvalue weighted by Gasteiger charge is -2.35. The third kappa shape index (κ3) is 3.81. The van der Waals surface area contributed by atoms with Crippen LogP contribution in [0.3, 0.4) is 0 Å². The van der Waals surface area contributed by atoms with Crippen LogP contribution < -0.4 is 21.9 Å². The second-order valence-electron chi connectivity index (χ2n) is 8.31. The van der Waals surface area contributed by atoms with Crippen molar-refractivity contribution in [2.75, 3.05) is 11.1 Å². The van der Waals surface area contributed by atoms with Crippen molar-refractivity contribution in [2.24, 2.45) is 5.92 Å². The minimum Gasteiger partial charge on any atom is -0.384 e. The van der Waals surface area contributed by atoms with E-state index in [-0.39, 0.29) is 5.56 Å². The molecule has 2 aliphatic rings. The van der Waals surface area contributed by atoms with Crippen LogP contribution in [-0.4, -0.2) is 20.9 Å². The Hall–Kier alpha value is -3.16. The Labute approximate surface area is 175 Å². The lowest BCUT2D eigenvalue weighted by molar-refractivity contribution is -0.111. The first kappa shape index (κ1) is 20.1. The van der Waals surface area contributed by atoms with Gasteiger partial charge >= 0.3 is 0 Å². The summed E-state index contributed by atoms with van der Waals surface area (Å²) in [7, 11) is 0. The number of anilines is 3. The van der Waals surface area contributed by atoms with Crippen LogP contribution in [0.25, 0.3) is 0 Å². The highest BCUT2D eigenvalue weighted by Gasteiger charge is 2.37. The molecule has 0 bridgehead atoms. The number of amides is 1. The number of aromatic nitrogens is 3. The van der Waals surface area contributed by atoms with Crippen LogP contribution in [0.1, 0.15) is 49.8 Å². The fourth-order valence-corrected chi connectivity index (χ4v) is 4.39. The van der Waals surface area contributed by atoms with E-state index >= 15 is 0 Å². The topological polar surface area (TPSA) is 115 Å². The summed E-state index contributed by atoms with van der Waals surface area (Å²) in [6, 6.07) is 3.39. The smallest absolute Gasteiger partial charge is 0.276 e. The summed E-state index contributed by atoms with van der Waals surface area (Å²) < 4.78 is 1.73. The Balaban J connectivity index is 1.87. The van der Waals surface area contributed by atoms with E-state index in [1.165, 1.54) is 24.7 Å². The molecule has 1 atom stereocenters. The first-order valence-corrected chi connectivity index (χ1v) is 10.4. The molecule has 0 radical (unpaired) electrons. The Kier molecular flexibility index (Phi) is 5.32. The largest absolute Gasteiger partial charge is 0.384 e. The quantitative estimate of drug-likeness (QED) is 0.500. The number of carbonyl (C=O) groups excluding carboxylic acids is 1. The Bertz CT molecular complexity index is 1060. The zero-order chi connectivity index (χ0) is 21.3. The molecular weight excluding hydrogens is 380 g/mol. The normalized spacial score (nSPS) is 21.5. The summed E-state index contributed by atoms with van der Waals surface area (Å²) in [4.78, 5) is 33.4. The van der Waals surface area contributed by atoms with Crippen LogP contribution in [0, 0.1) is 19.8 Å². The first-order valence-electron chi connectivity index (χ1n) is 10.4. The minimum atomic E-state index is -0.871. The number of allylic oxidation sites excluding steroid dienone is 1. The van der Waals surface area contributed by atoms with Gasteiger partial charge in [0.2, 0.25) is 6.41 Å². The molecule has 0 saturated heterocycles. The number of pyridine rings is 1. The highest BCUT2D eigenvalue weighted by atomic mass is 16.1. The maximum Gasteiger partial charge on any atom is 0.276 e. The third-order valence-electron chi connectivity index (χ3n) is 6.16. The van der Waals surface area contributed by atoms with E-state index in [0.29, 0.717) is 36.1 Å². The summed E-state index contributed by atoms with van der Waals surface area (Å²) in [5.74, 6) is 1.34. The van der Waals surface area contributed by atoms with E-state index in [0.717, 1.165) is 30.5 Å². The monoisotopic (exact) mass is 408 g/mol. The van der Waals surface area contributed by atoms with Crippen molar-refractivity contribution < 1.29 is 4.79 Å². The van der Waals surface area contributed by atoms with Crippen LogP contribution in [0.2, 0.25) is 0 Å². The number of nitrogens with one attached hydrogen (secondary N) is 2. The molecule has 1 saturated carbocycles. The number of carbonyl (C=O) groups is 1. The molecule has 0 aromatic carbocycles.